The van der Waals surface area contributed by atoms with Gasteiger partial charge in [0.15, 0.2) is 0 Å². The van der Waals surface area contributed by atoms with Crippen LogP contribution in [0.3, 0.4) is 0 Å². The number of halogens is 3. The molecule has 2 nitrogen and oxygen atoms in total. The first-order valence-corrected chi connectivity index (χ1v) is 6.58. The molecule has 2 rings (SSSR count). The summed E-state index contributed by atoms with van der Waals surface area (Å²) >= 11 is 3.29. The van der Waals surface area contributed by atoms with E-state index < -0.39 is 23.0 Å². The molecule has 20 heavy (non-hydrogen) atoms. The van der Waals surface area contributed by atoms with E-state index in [1.807, 2.05) is 6.92 Å². The topological polar surface area (TPSA) is 26.3 Å². The molecule has 0 radical (unpaired) electrons. The Balaban J connectivity index is 2.62. The monoisotopic (exact) mass is 340 g/mol. The van der Waals surface area contributed by atoms with Crippen molar-refractivity contribution >= 4 is 21.7 Å². The standard InChI is InChI=1S/C15H11BrF2O2/c1-8-6-13(20-2)9(7-10(8)16)15(19)14-11(17)4-3-5-12(14)18/h3-7H,1-2H3. The number of carbonyl (C=O) groups excluding carboxylic acids is 1. The molecule has 2 aromatic carbocycles. The van der Waals surface area contributed by atoms with Crippen molar-refractivity contribution in [1.82, 2.24) is 0 Å². The molecule has 5 heteroatoms. The smallest absolute Gasteiger partial charge is 0.202 e. The largest absolute Gasteiger partial charge is 0.496 e. The molecular weight excluding hydrogens is 330 g/mol. The molecule has 0 bridgehead atoms. The predicted octanol–water partition coefficient (Wildman–Crippen LogP) is 4.28. The van der Waals surface area contributed by atoms with Gasteiger partial charge in [0.05, 0.1) is 18.2 Å². The van der Waals surface area contributed by atoms with E-state index >= 15 is 0 Å². The van der Waals surface area contributed by atoms with E-state index in [9.17, 15) is 13.6 Å². The van der Waals surface area contributed by atoms with Crippen molar-refractivity contribution in [2.24, 2.45) is 0 Å². The van der Waals surface area contributed by atoms with Gasteiger partial charge >= 0.3 is 0 Å². The van der Waals surface area contributed by atoms with Gasteiger partial charge < -0.3 is 4.74 Å². The Labute approximate surface area is 123 Å². The number of hydrogen-bond donors (Lipinski definition) is 0. The molecule has 0 amide bonds. The van der Waals surface area contributed by atoms with Crippen molar-refractivity contribution in [1.29, 1.82) is 0 Å². The molecule has 0 N–H and O–H groups in total. The second kappa shape index (κ2) is 5.71. The van der Waals surface area contributed by atoms with Crippen LogP contribution in [0, 0.1) is 18.6 Å². The third kappa shape index (κ3) is 2.58. The predicted molar refractivity (Wildman–Crippen MR) is 75.2 cm³/mol. The molecule has 104 valence electrons. The number of carbonyl (C=O) groups is 1. The Bertz CT molecular complexity index is 664. The Hall–Kier alpha value is -1.75. The van der Waals surface area contributed by atoms with Crippen LogP contribution in [0.5, 0.6) is 5.75 Å². The number of ether oxygens (including phenoxy) is 1. The van der Waals surface area contributed by atoms with Crippen LogP contribution in [0.15, 0.2) is 34.8 Å². The maximum atomic E-state index is 13.7. The van der Waals surface area contributed by atoms with Crippen LogP contribution in [0.2, 0.25) is 0 Å². The average molecular weight is 341 g/mol. The van der Waals surface area contributed by atoms with Gasteiger partial charge in [-0.2, -0.15) is 0 Å². The lowest BCUT2D eigenvalue weighted by molar-refractivity contribution is 0.102. The normalized spacial score (nSPS) is 10.4. The Morgan fingerprint density at radius 3 is 2.35 bits per heavy atom. The Morgan fingerprint density at radius 1 is 1.20 bits per heavy atom. The maximum absolute atomic E-state index is 13.7. The van der Waals surface area contributed by atoms with E-state index in [0.717, 1.165) is 17.7 Å². The summed E-state index contributed by atoms with van der Waals surface area (Å²) in [6.07, 6.45) is 0. The van der Waals surface area contributed by atoms with Gasteiger partial charge in [-0.15, -0.1) is 0 Å². The van der Waals surface area contributed by atoms with E-state index in [-0.39, 0.29) is 11.3 Å². The lowest BCUT2D eigenvalue weighted by Gasteiger charge is -2.11. The fraction of sp³-hybridized carbons (Fsp3) is 0.133. The number of hydrogen-bond acceptors (Lipinski definition) is 2. The number of methoxy groups -OCH3 is 1. The van der Waals surface area contributed by atoms with E-state index in [4.69, 9.17) is 4.74 Å². The molecule has 0 saturated heterocycles. The number of ketones is 1. The van der Waals surface area contributed by atoms with Crippen molar-refractivity contribution < 1.29 is 18.3 Å². The molecule has 0 aliphatic heterocycles. The summed E-state index contributed by atoms with van der Waals surface area (Å²) in [5.74, 6) is -2.26. The Kier molecular flexibility index (Phi) is 4.18. The van der Waals surface area contributed by atoms with Crippen molar-refractivity contribution in [3.8, 4) is 5.75 Å². The highest BCUT2D eigenvalue weighted by Crippen LogP contribution is 2.29. The minimum absolute atomic E-state index is 0.106. The molecule has 0 spiro atoms. The highest BCUT2D eigenvalue weighted by Gasteiger charge is 2.22. The second-order valence-corrected chi connectivity index (χ2v) is 5.08. The second-order valence-electron chi connectivity index (χ2n) is 4.23. The van der Waals surface area contributed by atoms with Crippen LogP contribution in [0.25, 0.3) is 0 Å². The molecule has 2 aromatic rings. The molecule has 0 atom stereocenters. The maximum Gasteiger partial charge on any atom is 0.202 e. The zero-order valence-electron chi connectivity index (χ0n) is 10.8. The van der Waals surface area contributed by atoms with Crippen LogP contribution in [0.1, 0.15) is 21.5 Å². The van der Waals surface area contributed by atoms with E-state index in [1.54, 1.807) is 6.07 Å². The molecule has 0 heterocycles. The summed E-state index contributed by atoms with van der Waals surface area (Å²) in [7, 11) is 1.40. The zero-order chi connectivity index (χ0) is 14.9. The summed E-state index contributed by atoms with van der Waals surface area (Å²) in [6, 6.07) is 6.44. The molecule has 0 fully saturated rings. The zero-order valence-corrected chi connectivity index (χ0v) is 12.4. The number of aryl methyl sites for hydroxylation is 1. The molecular formula is C15H11BrF2O2. The van der Waals surface area contributed by atoms with Gasteiger partial charge in [0.1, 0.15) is 17.4 Å². The van der Waals surface area contributed by atoms with Crippen molar-refractivity contribution in [3.63, 3.8) is 0 Å². The van der Waals surface area contributed by atoms with Crippen LogP contribution in [-0.2, 0) is 0 Å². The molecule has 0 aromatic heterocycles. The van der Waals surface area contributed by atoms with Crippen LogP contribution in [0.4, 0.5) is 8.78 Å². The summed E-state index contributed by atoms with van der Waals surface area (Å²) in [6.45, 7) is 1.82. The number of benzene rings is 2. The summed E-state index contributed by atoms with van der Waals surface area (Å²) < 4.78 is 33.2. The van der Waals surface area contributed by atoms with E-state index in [1.165, 1.54) is 19.2 Å². The van der Waals surface area contributed by atoms with Gasteiger partial charge in [-0.25, -0.2) is 8.78 Å². The van der Waals surface area contributed by atoms with Crippen LogP contribution < -0.4 is 4.74 Å². The highest BCUT2D eigenvalue weighted by molar-refractivity contribution is 9.10. The lowest BCUT2D eigenvalue weighted by Crippen LogP contribution is -2.09. The Morgan fingerprint density at radius 2 is 1.80 bits per heavy atom. The van der Waals surface area contributed by atoms with Crippen molar-refractivity contribution in [3.05, 3.63) is 63.1 Å². The summed E-state index contributed by atoms with van der Waals surface area (Å²) in [5, 5.41) is 0. The fourth-order valence-corrected chi connectivity index (χ4v) is 2.19. The first-order chi connectivity index (χ1) is 9.45. The minimum Gasteiger partial charge on any atom is -0.496 e. The van der Waals surface area contributed by atoms with Crippen molar-refractivity contribution in [2.45, 2.75) is 6.92 Å². The third-order valence-corrected chi connectivity index (χ3v) is 3.77. The van der Waals surface area contributed by atoms with Gasteiger partial charge in [0.2, 0.25) is 5.78 Å². The van der Waals surface area contributed by atoms with Gasteiger partial charge in [-0.05, 0) is 36.8 Å². The summed E-state index contributed by atoms with van der Waals surface area (Å²) in [5.41, 5.74) is 0.378. The average Bonchev–Trinajstić information content (AvgIpc) is 2.41. The quantitative estimate of drug-likeness (QED) is 0.779. The minimum atomic E-state index is -0.895. The molecule has 0 aliphatic rings. The highest BCUT2D eigenvalue weighted by atomic mass is 79.9. The van der Waals surface area contributed by atoms with Crippen LogP contribution in [-0.4, -0.2) is 12.9 Å². The summed E-state index contributed by atoms with van der Waals surface area (Å²) in [4.78, 5) is 12.4. The van der Waals surface area contributed by atoms with Crippen LogP contribution >= 0.6 is 15.9 Å². The molecule has 0 unspecified atom stereocenters. The number of rotatable bonds is 3. The van der Waals surface area contributed by atoms with Gasteiger partial charge in [0.25, 0.3) is 0 Å². The van der Waals surface area contributed by atoms with E-state index in [2.05, 4.69) is 15.9 Å². The lowest BCUT2D eigenvalue weighted by atomic mass is 10.00. The van der Waals surface area contributed by atoms with Gasteiger partial charge in [-0.1, -0.05) is 22.0 Å². The van der Waals surface area contributed by atoms with Crippen molar-refractivity contribution in [2.75, 3.05) is 7.11 Å². The molecule has 0 saturated carbocycles. The SMILES string of the molecule is COc1cc(C)c(Br)cc1C(=O)c1c(F)cccc1F. The molecule has 0 aliphatic carbocycles. The fourth-order valence-electron chi connectivity index (χ4n) is 1.85. The van der Waals surface area contributed by atoms with Gasteiger partial charge in [-0.3, -0.25) is 4.79 Å². The first-order valence-electron chi connectivity index (χ1n) is 5.78. The first kappa shape index (κ1) is 14.7. The van der Waals surface area contributed by atoms with Gasteiger partial charge in [0, 0.05) is 4.47 Å². The third-order valence-electron chi connectivity index (χ3n) is 2.92. The van der Waals surface area contributed by atoms with E-state index in [0.29, 0.717) is 4.47 Å².